The quantitative estimate of drug-likeness (QED) is 0.792. The van der Waals surface area contributed by atoms with E-state index in [-0.39, 0.29) is 0 Å². The van der Waals surface area contributed by atoms with E-state index in [2.05, 4.69) is 36.3 Å². The van der Waals surface area contributed by atoms with Gasteiger partial charge in [-0.3, -0.25) is 0 Å². The van der Waals surface area contributed by atoms with Crippen molar-refractivity contribution in [2.45, 2.75) is 19.8 Å². The number of nitrogens with zero attached hydrogens (tertiary/aromatic N) is 2. The number of aryl methyl sites for hydroxylation is 3. The van der Waals surface area contributed by atoms with Crippen molar-refractivity contribution in [3.8, 4) is 5.69 Å². The summed E-state index contributed by atoms with van der Waals surface area (Å²) in [5, 5.41) is 4.62. The summed E-state index contributed by atoms with van der Waals surface area (Å²) in [5.74, 6) is 0.681. The van der Waals surface area contributed by atoms with Crippen molar-refractivity contribution >= 4 is 5.82 Å². The van der Waals surface area contributed by atoms with Gasteiger partial charge in [0.1, 0.15) is 5.82 Å². The maximum absolute atomic E-state index is 6.07. The zero-order valence-electron chi connectivity index (χ0n) is 12.2. The number of para-hydroxylation sites is 1. The van der Waals surface area contributed by atoms with E-state index in [0.29, 0.717) is 5.82 Å². The Morgan fingerprint density at radius 1 is 0.952 bits per heavy atom. The Morgan fingerprint density at radius 2 is 1.67 bits per heavy atom. The molecule has 0 fully saturated rings. The molecule has 0 atom stereocenters. The second kappa shape index (κ2) is 5.83. The maximum Gasteiger partial charge on any atom is 0.127 e. The van der Waals surface area contributed by atoms with Crippen LogP contribution in [-0.2, 0) is 12.8 Å². The van der Waals surface area contributed by atoms with Crippen LogP contribution >= 0.6 is 0 Å². The first-order chi connectivity index (χ1) is 10.2. The fraction of sp³-hybridized carbons (Fsp3) is 0.167. The maximum atomic E-state index is 6.07. The minimum absolute atomic E-state index is 0.681. The topological polar surface area (TPSA) is 43.8 Å². The van der Waals surface area contributed by atoms with Crippen LogP contribution in [0.25, 0.3) is 5.69 Å². The lowest BCUT2D eigenvalue weighted by molar-refractivity contribution is 0.821. The molecule has 0 aliphatic rings. The van der Waals surface area contributed by atoms with Crippen LogP contribution in [0.5, 0.6) is 0 Å². The molecule has 0 aliphatic heterocycles. The Labute approximate surface area is 125 Å². The fourth-order valence-electron chi connectivity index (χ4n) is 2.50. The highest BCUT2D eigenvalue weighted by molar-refractivity contribution is 5.42. The average molecular weight is 277 g/mol. The second-order valence-corrected chi connectivity index (χ2v) is 5.23. The van der Waals surface area contributed by atoms with Gasteiger partial charge in [0.15, 0.2) is 0 Å². The normalized spacial score (nSPS) is 10.7. The summed E-state index contributed by atoms with van der Waals surface area (Å²) < 4.78 is 1.80. The first-order valence-corrected chi connectivity index (χ1v) is 7.18. The summed E-state index contributed by atoms with van der Waals surface area (Å²) in [6, 6.07) is 20.4. The molecule has 21 heavy (non-hydrogen) atoms. The van der Waals surface area contributed by atoms with Crippen molar-refractivity contribution in [3.63, 3.8) is 0 Å². The highest BCUT2D eigenvalue weighted by Gasteiger charge is 2.07. The molecule has 1 aromatic heterocycles. The molecule has 2 aromatic carbocycles. The smallest absolute Gasteiger partial charge is 0.127 e. The molecule has 3 rings (SSSR count). The number of hydrogen-bond acceptors (Lipinski definition) is 2. The molecule has 3 heteroatoms. The van der Waals surface area contributed by atoms with Crippen LogP contribution in [0.1, 0.15) is 16.8 Å². The number of aromatic nitrogens is 2. The molecule has 0 unspecified atom stereocenters. The first kappa shape index (κ1) is 13.4. The van der Waals surface area contributed by atoms with Crippen molar-refractivity contribution in [2.75, 3.05) is 5.73 Å². The van der Waals surface area contributed by atoms with Gasteiger partial charge in [-0.1, -0.05) is 42.5 Å². The summed E-state index contributed by atoms with van der Waals surface area (Å²) in [5.41, 5.74) is 10.8. The number of hydrogen-bond donors (Lipinski definition) is 1. The van der Waals surface area contributed by atoms with E-state index in [1.165, 1.54) is 11.1 Å². The predicted octanol–water partition coefficient (Wildman–Crippen LogP) is 3.55. The number of benzene rings is 2. The molecule has 1 heterocycles. The van der Waals surface area contributed by atoms with Gasteiger partial charge in [0.25, 0.3) is 0 Å². The monoisotopic (exact) mass is 277 g/mol. The lowest BCUT2D eigenvalue weighted by Gasteiger charge is -2.04. The van der Waals surface area contributed by atoms with Gasteiger partial charge < -0.3 is 5.73 Å². The van der Waals surface area contributed by atoms with Gasteiger partial charge in [0.05, 0.1) is 11.4 Å². The standard InChI is InChI=1S/C18H19N3/c1-14-7-5-6-8-15(14)11-12-16-13-18(19)21(20-16)17-9-3-2-4-10-17/h2-10,13H,11-12,19H2,1H3. The number of anilines is 1. The van der Waals surface area contributed by atoms with Crippen LogP contribution in [-0.4, -0.2) is 9.78 Å². The Morgan fingerprint density at radius 3 is 2.43 bits per heavy atom. The van der Waals surface area contributed by atoms with Gasteiger partial charge in [-0.2, -0.15) is 5.10 Å². The van der Waals surface area contributed by atoms with Crippen molar-refractivity contribution in [1.29, 1.82) is 0 Å². The molecule has 0 bridgehead atoms. The highest BCUT2D eigenvalue weighted by Crippen LogP contribution is 2.16. The molecule has 0 saturated heterocycles. The number of nitrogen functional groups attached to an aromatic ring is 1. The summed E-state index contributed by atoms with van der Waals surface area (Å²) >= 11 is 0. The van der Waals surface area contributed by atoms with Crippen LogP contribution in [0.15, 0.2) is 60.7 Å². The zero-order chi connectivity index (χ0) is 14.7. The predicted molar refractivity (Wildman–Crippen MR) is 86.6 cm³/mol. The fourth-order valence-corrected chi connectivity index (χ4v) is 2.50. The largest absolute Gasteiger partial charge is 0.384 e. The van der Waals surface area contributed by atoms with Gasteiger partial charge in [0, 0.05) is 6.07 Å². The van der Waals surface area contributed by atoms with Crippen molar-refractivity contribution < 1.29 is 0 Å². The molecule has 0 saturated carbocycles. The number of nitrogens with two attached hydrogens (primary N) is 1. The third-order valence-electron chi connectivity index (χ3n) is 3.70. The molecule has 0 radical (unpaired) electrons. The third kappa shape index (κ3) is 2.97. The molecular weight excluding hydrogens is 258 g/mol. The van der Waals surface area contributed by atoms with Crippen molar-refractivity contribution in [2.24, 2.45) is 0 Å². The van der Waals surface area contributed by atoms with Gasteiger partial charge in [-0.25, -0.2) is 4.68 Å². The SMILES string of the molecule is Cc1ccccc1CCc1cc(N)n(-c2ccccc2)n1. The molecule has 3 nitrogen and oxygen atoms in total. The van der Waals surface area contributed by atoms with Crippen molar-refractivity contribution in [1.82, 2.24) is 9.78 Å². The average Bonchev–Trinajstić information content (AvgIpc) is 2.88. The molecule has 0 aliphatic carbocycles. The van der Waals surface area contributed by atoms with Crippen LogP contribution < -0.4 is 5.73 Å². The number of rotatable bonds is 4. The summed E-state index contributed by atoms with van der Waals surface area (Å²) in [6.45, 7) is 2.15. The van der Waals surface area contributed by atoms with Crippen molar-refractivity contribution in [3.05, 3.63) is 77.5 Å². The van der Waals surface area contributed by atoms with Gasteiger partial charge in [-0.05, 0) is 43.0 Å². The molecule has 3 aromatic rings. The second-order valence-electron chi connectivity index (χ2n) is 5.23. The zero-order valence-corrected chi connectivity index (χ0v) is 12.2. The molecule has 0 amide bonds. The van der Waals surface area contributed by atoms with Gasteiger partial charge >= 0.3 is 0 Å². The Kier molecular flexibility index (Phi) is 3.73. The Hall–Kier alpha value is -2.55. The highest BCUT2D eigenvalue weighted by atomic mass is 15.3. The van der Waals surface area contributed by atoms with E-state index in [4.69, 9.17) is 5.73 Å². The van der Waals surface area contributed by atoms with E-state index in [0.717, 1.165) is 24.2 Å². The van der Waals surface area contributed by atoms with Crippen LogP contribution in [0.4, 0.5) is 5.82 Å². The molecule has 0 spiro atoms. The van der Waals surface area contributed by atoms with E-state index in [1.54, 1.807) is 4.68 Å². The third-order valence-corrected chi connectivity index (χ3v) is 3.70. The van der Waals surface area contributed by atoms with Crippen LogP contribution in [0, 0.1) is 6.92 Å². The molecular formula is C18H19N3. The van der Waals surface area contributed by atoms with Gasteiger partial charge in [0.2, 0.25) is 0 Å². The lowest BCUT2D eigenvalue weighted by Crippen LogP contribution is -2.02. The molecule has 2 N–H and O–H groups in total. The van der Waals surface area contributed by atoms with Crippen LogP contribution in [0.2, 0.25) is 0 Å². The lowest BCUT2D eigenvalue weighted by atomic mass is 10.0. The minimum Gasteiger partial charge on any atom is -0.384 e. The Balaban J connectivity index is 1.78. The van der Waals surface area contributed by atoms with Gasteiger partial charge in [-0.15, -0.1) is 0 Å². The summed E-state index contributed by atoms with van der Waals surface area (Å²) in [6.07, 6.45) is 1.88. The summed E-state index contributed by atoms with van der Waals surface area (Å²) in [7, 11) is 0. The van der Waals surface area contributed by atoms with Crippen LogP contribution in [0.3, 0.4) is 0 Å². The Bertz CT molecular complexity index is 729. The first-order valence-electron chi connectivity index (χ1n) is 7.18. The van der Waals surface area contributed by atoms with E-state index >= 15 is 0 Å². The summed E-state index contributed by atoms with van der Waals surface area (Å²) in [4.78, 5) is 0. The minimum atomic E-state index is 0.681. The van der Waals surface area contributed by atoms with E-state index < -0.39 is 0 Å². The van der Waals surface area contributed by atoms with E-state index in [9.17, 15) is 0 Å². The van der Waals surface area contributed by atoms with E-state index in [1.807, 2.05) is 36.4 Å². The molecule has 106 valence electrons.